The maximum Gasteiger partial charge on any atom is 0.123 e. The molecule has 0 amide bonds. The van der Waals surface area contributed by atoms with Gasteiger partial charge in [0.1, 0.15) is 12.7 Å². The van der Waals surface area contributed by atoms with Crippen LogP contribution in [0.3, 0.4) is 0 Å². The van der Waals surface area contributed by atoms with Crippen LogP contribution in [0.5, 0.6) is 0 Å². The number of rotatable bonds is 2. The van der Waals surface area contributed by atoms with Crippen LogP contribution in [0.4, 0.5) is 5.69 Å². The second kappa shape index (κ2) is 4.78. The van der Waals surface area contributed by atoms with Crippen LogP contribution in [0.2, 0.25) is 0 Å². The minimum atomic E-state index is 1.07. The van der Waals surface area contributed by atoms with Crippen molar-refractivity contribution in [1.82, 2.24) is 19.7 Å². The fourth-order valence-corrected chi connectivity index (χ4v) is 2.32. The molecule has 5 heteroatoms. The number of likely N-dealkylation sites (N-methyl/N-ethyl adjacent to an activating group) is 1. The van der Waals surface area contributed by atoms with E-state index in [-0.39, 0.29) is 0 Å². The third-order valence-electron chi connectivity index (χ3n) is 3.42. The normalized spacial score (nSPS) is 17.1. The molecule has 1 aromatic heterocycles. The number of anilines is 1. The molecule has 1 saturated heterocycles. The quantitative estimate of drug-likeness (QED) is 0.789. The first-order valence-electron chi connectivity index (χ1n) is 6.22. The van der Waals surface area contributed by atoms with E-state index in [4.69, 9.17) is 0 Å². The van der Waals surface area contributed by atoms with E-state index in [1.165, 1.54) is 5.69 Å². The van der Waals surface area contributed by atoms with Crippen molar-refractivity contribution < 1.29 is 0 Å². The molecule has 1 aliphatic heterocycles. The Morgan fingerprint density at radius 2 is 1.50 bits per heavy atom. The third kappa shape index (κ3) is 2.09. The van der Waals surface area contributed by atoms with Crippen molar-refractivity contribution in [2.24, 2.45) is 0 Å². The highest BCUT2D eigenvalue weighted by Crippen LogP contribution is 2.24. The van der Waals surface area contributed by atoms with Crippen LogP contribution < -0.4 is 4.90 Å². The van der Waals surface area contributed by atoms with Crippen LogP contribution in [0.15, 0.2) is 36.9 Å². The van der Waals surface area contributed by atoms with Gasteiger partial charge in [0.15, 0.2) is 0 Å². The van der Waals surface area contributed by atoms with Crippen molar-refractivity contribution in [3.8, 4) is 5.69 Å². The van der Waals surface area contributed by atoms with E-state index >= 15 is 0 Å². The Labute approximate surface area is 107 Å². The molecule has 0 saturated carbocycles. The molecule has 2 aromatic rings. The van der Waals surface area contributed by atoms with E-state index in [2.05, 4.69) is 51.3 Å². The van der Waals surface area contributed by atoms with E-state index in [0.717, 1.165) is 31.9 Å². The van der Waals surface area contributed by atoms with Gasteiger partial charge in [0.25, 0.3) is 0 Å². The van der Waals surface area contributed by atoms with Crippen molar-refractivity contribution in [2.75, 3.05) is 38.1 Å². The molecule has 2 heterocycles. The van der Waals surface area contributed by atoms with Gasteiger partial charge in [0, 0.05) is 26.2 Å². The summed E-state index contributed by atoms with van der Waals surface area (Å²) in [6.45, 7) is 4.35. The number of aromatic nitrogens is 3. The zero-order chi connectivity index (χ0) is 12.4. The summed E-state index contributed by atoms with van der Waals surface area (Å²) in [5.74, 6) is 0. The lowest BCUT2D eigenvalue weighted by Crippen LogP contribution is -2.44. The van der Waals surface area contributed by atoms with E-state index in [1.54, 1.807) is 12.7 Å². The van der Waals surface area contributed by atoms with E-state index in [0.29, 0.717) is 0 Å². The highest BCUT2D eigenvalue weighted by Gasteiger charge is 2.17. The van der Waals surface area contributed by atoms with Crippen molar-refractivity contribution >= 4 is 5.69 Å². The number of hydrogen-bond donors (Lipinski definition) is 0. The lowest BCUT2D eigenvalue weighted by Gasteiger charge is -2.35. The fourth-order valence-electron chi connectivity index (χ4n) is 2.32. The highest BCUT2D eigenvalue weighted by atomic mass is 15.3. The maximum absolute atomic E-state index is 3.88. The Hall–Kier alpha value is -1.88. The van der Waals surface area contributed by atoms with E-state index < -0.39 is 0 Å². The van der Waals surface area contributed by atoms with Gasteiger partial charge < -0.3 is 9.80 Å². The zero-order valence-corrected chi connectivity index (χ0v) is 10.5. The van der Waals surface area contributed by atoms with Gasteiger partial charge in [-0.05, 0) is 19.2 Å². The Balaban J connectivity index is 1.92. The van der Waals surface area contributed by atoms with Crippen LogP contribution in [-0.2, 0) is 0 Å². The number of hydrogen-bond acceptors (Lipinski definition) is 4. The van der Waals surface area contributed by atoms with Crippen molar-refractivity contribution in [3.05, 3.63) is 36.9 Å². The van der Waals surface area contributed by atoms with Gasteiger partial charge in [-0.25, -0.2) is 0 Å². The van der Waals surface area contributed by atoms with Gasteiger partial charge in [-0.2, -0.15) is 0 Å². The van der Waals surface area contributed by atoms with Crippen LogP contribution in [0.25, 0.3) is 5.69 Å². The van der Waals surface area contributed by atoms with Crippen LogP contribution in [-0.4, -0.2) is 52.9 Å². The molecule has 1 aromatic carbocycles. The third-order valence-corrected chi connectivity index (χ3v) is 3.42. The number of nitrogens with zero attached hydrogens (tertiary/aromatic N) is 5. The predicted molar refractivity (Wildman–Crippen MR) is 71.1 cm³/mol. The van der Waals surface area contributed by atoms with Gasteiger partial charge >= 0.3 is 0 Å². The molecule has 1 fully saturated rings. The SMILES string of the molecule is CN1CCN(c2ccccc2-n2cnnc2)CC1. The van der Waals surface area contributed by atoms with Crippen molar-refractivity contribution in [2.45, 2.75) is 0 Å². The first-order chi connectivity index (χ1) is 8.84. The number of piperazine rings is 1. The fraction of sp³-hybridized carbons (Fsp3) is 0.385. The van der Waals surface area contributed by atoms with Crippen molar-refractivity contribution in [3.63, 3.8) is 0 Å². The summed E-state index contributed by atoms with van der Waals surface area (Å²) >= 11 is 0. The molecular weight excluding hydrogens is 226 g/mol. The molecule has 0 spiro atoms. The molecule has 0 unspecified atom stereocenters. The molecule has 1 aliphatic rings. The first kappa shape index (κ1) is 11.2. The Morgan fingerprint density at radius 3 is 2.17 bits per heavy atom. The Bertz CT molecular complexity index is 500. The molecule has 3 rings (SSSR count). The molecule has 94 valence electrons. The van der Waals surface area contributed by atoms with E-state index in [1.807, 2.05) is 4.57 Å². The van der Waals surface area contributed by atoms with E-state index in [9.17, 15) is 0 Å². The summed E-state index contributed by atoms with van der Waals surface area (Å²) in [7, 11) is 2.17. The van der Waals surface area contributed by atoms with Crippen molar-refractivity contribution in [1.29, 1.82) is 0 Å². The van der Waals surface area contributed by atoms with Gasteiger partial charge in [-0.3, -0.25) is 4.57 Å². The lowest BCUT2D eigenvalue weighted by molar-refractivity contribution is 0.313. The summed E-state index contributed by atoms with van der Waals surface area (Å²) in [5.41, 5.74) is 2.40. The highest BCUT2D eigenvalue weighted by molar-refractivity contribution is 5.62. The summed E-state index contributed by atoms with van der Waals surface area (Å²) in [5, 5.41) is 7.77. The maximum atomic E-state index is 3.88. The lowest BCUT2D eigenvalue weighted by atomic mass is 10.2. The molecule has 0 aliphatic carbocycles. The Morgan fingerprint density at radius 1 is 0.889 bits per heavy atom. The van der Waals surface area contributed by atoms with Crippen LogP contribution in [0, 0.1) is 0 Å². The van der Waals surface area contributed by atoms with Gasteiger partial charge in [-0.15, -0.1) is 10.2 Å². The summed E-state index contributed by atoms with van der Waals surface area (Å²) in [6.07, 6.45) is 3.49. The molecule has 0 radical (unpaired) electrons. The molecule has 5 nitrogen and oxygen atoms in total. The monoisotopic (exact) mass is 243 g/mol. The largest absolute Gasteiger partial charge is 0.367 e. The second-order valence-electron chi connectivity index (χ2n) is 4.65. The van der Waals surface area contributed by atoms with Gasteiger partial charge in [0.05, 0.1) is 11.4 Å². The van der Waals surface area contributed by atoms with Gasteiger partial charge in [-0.1, -0.05) is 12.1 Å². The second-order valence-corrected chi connectivity index (χ2v) is 4.65. The summed E-state index contributed by atoms with van der Waals surface area (Å²) in [6, 6.07) is 8.41. The smallest absolute Gasteiger partial charge is 0.123 e. The molecular formula is C13H17N5. The standard InChI is InChI=1S/C13H17N5/c1-16-6-8-17(9-7-16)12-4-2-3-5-13(12)18-10-14-15-11-18/h2-5,10-11H,6-9H2,1H3. The van der Waals surface area contributed by atoms with Gasteiger partial charge in [0.2, 0.25) is 0 Å². The molecule has 0 bridgehead atoms. The summed E-state index contributed by atoms with van der Waals surface area (Å²) < 4.78 is 1.97. The minimum Gasteiger partial charge on any atom is -0.367 e. The predicted octanol–water partition coefficient (Wildman–Crippen LogP) is 1.02. The Kier molecular flexibility index (Phi) is 2.98. The zero-order valence-electron chi connectivity index (χ0n) is 10.5. The topological polar surface area (TPSA) is 37.2 Å². The van der Waals surface area contributed by atoms with Crippen LogP contribution >= 0.6 is 0 Å². The number of benzene rings is 1. The summed E-state index contributed by atoms with van der Waals surface area (Å²) in [4.78, 5) is 4.78. The average molecular weight is 243 g/mol. The molecule has 0 atom stereocenters. The molecule has 0 N–H and O–H groups in total. The molecule has 18 heavy (non-hydrogen) atoms. The van der Waals surface area contributed by atoms with Crippen LogP contribution in [0.1, 0.15) is 0 Å². The number of para-hydroxylation sites is 2. The minimum absolute atomic E-state index is 1.07. The average Bonchev–Trinajstić information content (AvgIpc) is 2.93. The first-order valence-corrected chi connectivity index (χ1v) is 6.22.